The van der Waals surface area contributed by atoms with Gasteiger partial charge in [0.05, 0.1) is 11.8 Å². The Morgan fingerprint density at radius 1 is 1.55 bits per heavy atom. The van der Waals surface area contributed by atoms with Gasteiger partial charge in [-0.1, -0.05) is 0 Å². The highest BCUT2D eigenvalue weighted by Gasteiger charge is 2.26. The van der Waals surface area contributed by atoms with Gasteiger partial charge < -0.3 is 9.32 Å². The van der Waals surface area contributed by atoms with Crippen LogP contribution in [-0.4, -0.2) is 38.7 Å². The van der Waals surface area contributed by atoms with E-state index in [0.29, 0.717) is 18.0 Å². The van der Waals surface area contributed by atoms with Crippen molar-refractivity contribution in [3.8, 4) is 0 Å². The van der Waals surface area contributed by atoms with Crippen molar-refractivity contribution < 1.29 is 9.21 Å². The average Bonchev–Trinajstić information content (AvgIpc) is 3.10. The number of furan rings is 1. The number of halogens is 1. The van der Waals surface area contributed by atoms with E-state index >= 15 is 0 Å². The quantitative estimate of drug-likeness (QED) is 0.869. The molecule has 0 aliphatic carbocycles. The van der Waals surface area contributed by atoms with Crippen LogP contribution in [-0.2, 0) is 6.54 Å². The molecule has 3 rings (SSSR count). The van der Waals surface area contributed by atoms with E-state index in [4.69, 9.17) is 16.0 Å². The zero-order valence-electron chi connectivity index (χ0n) is 10.9. The fourth-order valence-corrected chi connectivity index (χ4v) is 2.80. The van der Waals surface area contributed by atoms with E-state index in [0.717, 1.165) is 25.9 Å². The third-order valence-electron chi connectivity index (χ3n) is 3.57. The lowest BCUT2D eigenvalue weighted by molar-refractivity contribution is 0.0659. The van der Waals surface area contributed by atoms with Crippen LogP contribution in [0.2, 0.25) is 5.22 Å². The predicted octanol–water partition coefficient (Wildman–Crippen LogP) is 2.08. The lowest BCUT2D eigenvalue weighted by atomic mass is 9.97. The molecule has 7 heteroatoms. The maximum Gasteiger partial charge on any atom is 0.258 e. The van der Waals surface area contributed by atoms with E-state index in [-0.39, 0.29) is 11.1 Å². The summed E-state index contributed by atoms with van der Waals surface area (Å²) < 4.78 is 6.79. The van der Waals surface area contributed by atoms with Crippen LogP contribution in [0.15, 0.2) is 29.4 Å². The Hall–Kier alpha value is -1.82. The van der Waals surface area contributed by atoms with Gasteiger partial charge in [0.15, 0.2) is 0 Å². The first-order valence-corrected chi connectivity index (χ1v) is 6.96. The van der Waals surface area contributed by atoms with Crippen molar-refractivity contribution in [3.63, 3.8) is 0 Å². The minimum atomic E-state index is -0.0629. The standard InChI is InChI=1S/C13H15ClN4O2/c14-12-11(3-5-20-12)13(19)17-4-1-2-10(6-17)7-18-9-15-8-16-18/h3,5,8-10H,1-2,4,6-7H2/t10-/m0/s1. The first-order valence-electron chi connectivity index (χ1n) is 6.58. The molecule has 0 aromatic carbocycles. The van der Waals surface area contributed by atoms with Crippen LogP contribution in [0.5, 0.6) is 0 Å². The molecule has 2 aromatic rings. The Morgan fingerprint density at radius 2 is 2.45 bits per heavy atom. The zero-order chi connectivity index (χ0) is 13.9. The summed E-state index contributed by atoms with van der Waals surface area (Å²) in [5.74, 6) is 0.326. The monoisotopic (exact) mass is 294 g/mol. The summed E-state index contributed by atoms with van der Waals surface area (Å²) in [6.07, 6.45) is 6.74. The van der Waals surface area contributed by atoms with E-state index in [1.54, 1.807) is 12.4 Å². The van der Waals surface area contributed by atoms with Gasteiger partial charge in [0.2, 0.25) is 5.22 Å². The summed E-state index contributed by atoms with van der Waals surface area (Å²) in [5.41, 5.74) is 0.438. The molecule has 0 bridgehead atoms. The van der Waals surface area contributed by atoms with Crippen molar-refractivity contribution >= 4 is 17.5 Å². The molecule has 1 saturated heterocycles. The van der Waals surface area contributed by atoms with Gasteiger partial charge in [-0.05, 0) is 36.4 Å². The van der Waals surface area contributed by atoms with Gasteiger partial charge in [-0.3, -0.25) is 9.48 Å². The lowest BCUT2D eigenvalue weighted by Crippen LogP contribution is -2.41. The van der Waals surface area contributed by atoms with E-state index in [2.05, 4.69) is 10.1 Å². The summed E-state index contributed by atoms with van der Waals surface area (Å²) >= 11 is 5.87. The van der Waals surface area contributed by atoms with Gasteiger partial charge in [0, 0.05) is 19.6 Å². The number of nitrogens with zero attached hydrogens (tertiary/aromatic N) is 4. The largest absolute Gasteiger partial charge is 0.452 e. The summed E-state index contributed by atoms with van der Waals surface area (Å²) in [6.45, 7) is 2.25. The zero-order valence-corrected chi connectivity index (χ0v) is 11.7. The number of likely N-dealkylation sites (tertiary alicyclic amines) is 1. The Labute approximate surface area is 121 Å². The number of piperidine rings is 1. The molecule has 20 heavy (non-hydrogen) atoms. The number of hydrogen-bond acceptors (Lipinski definition) is 4. The first-order chi connectivity index (χ1) is 9.74. The molecule has 0 saturated carbocycles. The van der Waals surface area contributed by atoms with Crippen molar-refractivity contribution in [1.29, 1.82) is 0 Å². The molecule has 1 amide bonds. The van der Waals surface area contributed by atoms with Gasteiger partial charge in [-0.25, -0.2) is 4.98 Å². The SMILES string of the molecule is O=C(c1ccoc1Cl)N1CCC[C@H](Cn2cncn2)C1. The molecule has 1 aliphatic heterocycles. The van der Waals surface area contributed by atoms with E-state index in [9.17, 15) is 4.79 Å². The number of aromatic nitrogens is 3. The number of carbonyl (C=O) groups is 1. The molecule has 1 aliphatic rings. The van der Waals surface area contributed by atoms with Gasteiger partial charge in [0.1, 0.15) is 12.7 Å². The molecule has 6 nitrogen and oxygen atoms in total. The minimum absolute atomic E-state index is 0.0629. The predicted molar refractivity (Wildman–Crippen MR) is 72.4 cm³/mol. The second-order valence-electron chi connectivity index (χ2n) is 4.98. The molecule has 1 fully saturated rings. The summed E-state index contributed by atoms with van der Waals surface area (Å²) in [4.78, 5) is 18.1. The number of hydrogen-bond donors (Lipinski definition) is 0. The highest BCUT2D eigenvalue weighted by Crippen LogP contribution is 2.23. The normalized spacial score (nSPS) is 19.2. The Balaban J connectivity index is 1.66. The van der Waals surface area contributed by atoms with E-state index in [1.807, 2.05) is 9.58 Å². The van der Waals surface area contributed by atoms with Crippen molar-refractivity contribution in [2.45, 2.75) is 19.4 Å². The summed E-state index contributed by atoms with van der Waals surface area (Å²) in [7, 11) is 0. The third-order valence-corrected chi connectivity index (χ3v) is 3.86. The molecule has 0 N–H and O–H groups in total. The smallest absolute Gasteiger partial charge is 0.258 e. The second kappa shape index (κ2) is 5.66. The fraction of sp³-hybridized carbons (Fsp3) is 0.462. The molecular weight excluding hydrogens is 280 g/mol. The first kappa shape index (κ1) is 13.2. The molecular formula is C13H15ClN4O2. The van der Waals surface area contributed by atoms with Crippen LogP contribution in [0.3, 0.4) is 0 Å². The number of amides is 1. The van der Waals surface area contributed by atoms with Gasteiger partial charge in [-0.2, -0.15) is 5.10 Å². The lowest BCUT2D eigenvalue weighted by Gasteiger charge is -2.32. The van der Waals surface area contributed by atoms with Crippen molar-refractivity contribution in [2.24, 2.45) is 5.92 Å². The van der Waals surface area contributed by atoms with Gasteiger partial charge in [-0.15, -0.1) is 0 Å². The van der Waals surface area contributed by atoms with E-state index < -0.39 is 0 Å². The highest BCUT2D eigenvalue weighted by atomic mass is 35.5. The van der Waals surface area contributed by atoms with Crippen LogP contribution < -0.4 is 0 Å². The third kappa shape index (κ3) is 2.70. The average molecular weight is 295 g/mol. The highest BCUT2D eigenvalue weighted by molar-refractivity contribution is 6.32. The molecule has 3 heterocycles. The van der Waals surface area contributed by atoms with Crippen molar-refractivity contribution in [2.75, 3.05) is 13.1 Å². The van der Waals surface area contributed by atoms with Crippen molar-refractivity contribution in [1.82, 2.24) is 19.7 Å². The number of rotatable bonds is 3. The Bertz CT molecular complexity index is 581. The van der Waals surface area contributed by atoms with E-state index in [1.165, 1.54) is 12.6 Å². The Kier molecular flexibility index (Phi) is 3.73. The topological polar surface area (TPSA) is 64.2 Å². The van der Waals surface area contributed by atoms with Crippen LogP contribution in [0.1, 0.15) is 23.2 Å². The number of carbonyl (C=O) groups excluding carboxylic acids is 1. The minimum Gasteiger partial charge on any atom is -0.452 e. The second-order valence-corrected chi connectivity index (χ2v) is 5.33. The van der Waals surface area contributed by atoms with Crippen LogP contribution >= 0.6 is 11.6 Å². The van der Waals surface area contributed by atoms with Crippen LogP contribution in [0.4, 0.5) is 0 Å². The Morgan fingerprint density at radius 3 is 3.15 bits per heavy atom. The van der Waals surface area contributed by atoms with Crippen LogP contribution in [0.25, 0.3) is 0 Å². The maximum absolute atomic E-state index is 12.4. The fourth-order valence-electron chi connectivity index (χ4n) is 2.61. The summed E-state index contributed by atoms with van der Waals surface area (Å²) in [6, 6.07) is 1.62. The molecule has 2 aromatic heterocycles. The summed E-state index contributed by atoms with van der Waals surface area (Å²) in [5, 5.41) is 4.27. The molecule has 0 spiro atoms. The van der Waals surface area contributed by atoms with Gasteiger partial charge >= 0.3 is 0 Å². The van der Waals surface area contributed by atoms with Gasteiger partial charge in [0.25, 0.3) is 5.91 Å². The molecule has 1 atom stereocenters. The molecule has 106 valence electrons. The van der Waals surface area contributed by atoms with Crippen molar-refractivity contribution in [3.05, 3.63) is 35.8 Å². The van der Waals surface area contributed by atoms with Crippen LogP contribution in [0, 0.1) is 5.92 Å². The maximum atomic E-state index is 12.4. The molecule has 0 unspecified atom stereocenters. The molecule has 0 radical (unpaired) electrons.